The van der Waals surface area contributed by atoms with E-state index in [1.54, 1.807) is 12.3 Å². The number of ether oxygens (including phenoxy) is 2. The molecule has 180 valence electrons. The molecule has 0 radical (unpaired) electrons. The highest BCUT2D eigenvalue weighted by Crippen LogP contribution is 2.25. The molecule has 6 nitrogen and oxygen atoms in total. The van der Waals surface area contributed by atoms with Gasteiger partial charge in [0.15, 0.2) is 6.10 Å². The molecule has 0 unspecified atom stereocenters. The van der Waals surface area contributed by atoms with Crippen molar-refractivity contribution in [2.75, 3.05) is 5.32 Å². The Balaban J connectivity index is 1.47. The van der Waals surface area contributed by atoms with Gasteiger partial charge < -0.3 is 14.8 Å². The van der Waals surface area contributed by atoms with Gasteiger partial charge in [0.1, 0.15) is 17.4 Å². The average Bonchev–Trinajstić information content (AvgIpc) is 3.21. The molecule has 0 aliphatic heterocycles. The van der Waals surface area contributed by atoms with E-state index in [0.29, 0.717) is 16.5 Å². The number of carbonyl (C=O) groups excluding carboxylic acids is 2. The molecule has 1 amide bonds. The minimum absolute atomic E-state index is 0.0323. The molecule has 1 N–H and O–H groups in total. The molecule has 0 spiro atoms. The van der Waals surface area contributed by atoms with Crippen molar-refractivity contribution in [2.24, 2.45) is 0 Å². The van der Waals surface area contributed by atoms with Crippen LogP contribution in [0, 0.1) is 13.8 Å². The Morgan fingerprint density at radius 1 is 1.09 bits per heavy atom. The van der Waals surface area contributed by atoms with Crippen LogP contribution in [-0.4, -0.2) is 23.0 Å². The first kappa shape index (κ1) is 25.4. The summed E-state index contributed by atoms with van der Waals surface area (Å²) in [7, 11) is 0. The van der Waals surface area contributed by atoms with Gasteiger partial charge in [-0.1, -0.05) is 45.0 Å². The summed E-state index contributed by atoms with van der Waals surface area (Å²) in [6, 6.07) is 13.7. The van der Waals surface area contributed by atoms with Gasteiger partial charge in [-0.15, -0.1) is 11.3 Å². The monoisotopic (exact) mass is 480 g/mol. The number of rotatable bonds is 8. The molecule has 0 aliphatic carbocycles. The van der Waals surface area contributed by atoms with Crippen molar-refractivity contribution in [1.82, 2.24) is 4.98 Å². The lowest BCUT2D eigenvalue weighted by Gasteiger charge is -2.20. The second-order valence-electron chi connectivity index (χ2n) is 9.42. The van der Waals surface area contributed by atoms with E-state index in [2.05, 4.69) is 31.1 Å². The number of esters is 1. The SMILES string of the molecule is Cc1ccc(C)c(NC(=O)Cc2nc(COC(=O)[C@H](C)Oc3ccc(C(C)(C)C)cc3)cs2)c1. The van der Waals surface area contributed by atoms with Crippen LogP contribution in [0.1, 0.15) is 55.1 Å². The Morgan fingerprint density at radius 3 is 2.47 bits per heavy atom. The van der Waals surface area contributed by atoms with Gasteiger partial charge >= 0.3 is 5.97 Å². The Hall–Kier alpha value is -3.19. The van der Waals surface area contributed by atoms with Crippen LogP contribution in [0.15, 0.2) is 47.8 Å². The standard InChI is InChI=1S/C27H32N2O4S/c1-17-7-8-18(2)23(13-17)29-24(30)14-25-28-21(16-34-25)15-32-26(31)19(3)33-22-11-9-20(10-12-22)27(4,5)6/h7-13,16,19H,14-15H2,1-6H3,(H,29,30)/t19-/m0/s1. The van der Waals surface area contributed by atoms with E-state index in [4.69, 9.17) is 9.47 Å². The third-order valence-corrected chi connectivity index (χ3v) is 6.20. The third-order valence-electron chi connectivity index (χ3n) is 5.31. The number of anilines is 1. The minimum Gasteiger partial charge on any atom is -0.479 e. The first-order valence-corrected chi connectivity index (χ1v) is 12.1. The molecule has 0 bridgehead atoms. The molecule has 0 saturated carbocycles. The van der Waals surface area contributed by atoms with E-state index in [1.807, 2.05) is 56.3 Å². The lowest BCUT2D eigenvalue weighted by atomic mass is 9.87. The van der Waals surface area contributed by atoms with Crippen LogP contribution >= 0.6 is 11.3 Å². The van der Waals surface area contributed by atoms with Crippen LogP contribution in [-0.2, 0) is 32.8 Å². The number of nitrogens with one attached hydrogen (secondary N) is 1. The lowest BCUT2D eigenvalue weighted by molar-refractivity contribution is -0.152. The molecule has 34 heavy (non-hydrogen) atoms. The second-order valence-corrected chi connectivity index (χ2v) is 10.4. The summed E-state index contributed by atoms with van der Waals surface area (Å²) in [5.41, 5.74) is 4.74. The number of aryl methyl sites for hydroxylation is 2. The highest BCUT2D eigenvalue weighted by molar-refractivity contribution is 7.09. The van der Waals surface area contributed by atoms with Gasteiger partial charge in [0.25, 0.3) is 0 Å². The number of carbonyl (C=O) groups is 2. The Morgan fingerprint density at radius 2 is 1.79 bits per heavy atom. The van der Waals surface area contributed by atoms with E-state index in [-0.39, 0.29) is 24.3 Å². The summed E-state index contributed by atoms with van der Waals surface area (Å²) in [6.45, 7) is 12.1. The van der Waals surface area contributed by atoms with Crippen molar-refractivity contribution < 1.29 is 19.1 Å². The summed E-state index contributed by atoms with van der Waals surface area (Å²) >= 11 is 1.37. The summed E-state index contributed by atoms with van der Waals surface area (Å²) in [5.74, 6) is 0.0106. The Labute approximate surface area is 205 Å². The first-order chi connectivity index (χ1) is 16.0. The molecule has 0 aliphatic rings. The average molecular weight is 481 g/mol. The maximum Gasteiger partial charge on any atom is 0.347 e. The number of nitrogens with zero attached hydrogens (tertiary/aromatic N) is 1. The van der Waals surface area contributed by atoms with E-state index in [0.717, 1.165) is 16.8 Å². The quantitative estimate of drug-likeness (QED) is 0.416. The fraction of sp³-hybridized carbons (Fsp3) is 0.370. The van der Waals surface area contributed by atoms with Crippen molar-refractivity contribution in [2.45, 2.75) is 66.1 Å². The number of hydrogen-bond donors (Lipinski definition) is 1. The van der Waals surface area contributed by atoms with Crippen molar-refractivity contribution in [3.05, 3.63) is 75.2 Å². The van der Waals surface area contributed by atoms with Gasteiger partial charge in [0.2, 0.25) is 5.91 Å². The van der Waals surface area contributed by atoms with Crippen molar-refractivity contribution in [1.29, 1.82) is 0 Å². The summed E-state index contributed by atoms with van der Waals surface area (Å²) in [4.78, 5) is 29.2. The van der Waals surface area contributed by atoms with E-state index >= 15 is 0 Å². The maximum atomic E-state index is 12.4. The predicted molar refractivity (Wildman–Crippen MR) is 135 cm³/mol. The number of benzene rings is 2. The maximum absolute atomic E-state index is 12.4. The van der Waals surface area contributed by atoms with Crippen LogP contribution in [0.4, 0.5) is 5.69 Å². The van der Waals surface area contributed by atoms with Gasteiger partial charge in [0.05, 0.1) is 12.1 Å². The molecule has 1 heterocycles. The van der Waals surface area contributed by atoms with Gasteiger partial charge in [-0.05, 0) is 61.1 Å². The molecule has 1 atom stereocenters. The zero-order chi connectivity index (χ0) is 24.9. The summed E-state index contributed by atoms with van der Waals surface area (Å²) in [5, 5.41) is 5.39. The second kappa shape index (κ2) is 10.8. The normalized spacial score (nSPS) is 12.2. The number of hydrogen-bond acceptors (Lipinski definition) is 6. The van der Waals surface area contributed by atoms with E-state index < -0.39 is 12.1 Å². The molecule has 1 aromatic heterocycles. The van der Waals surface area contributed by atoms with Crippen LogP contribution < -0.4 is 10.1 Å². The fourth-order valence-electron chi connectivity index (χ4n) is 3.25. The van der Waals surface area contributed by atoms with Crippen molar-refractivity contribution in [3.63, 3.8) is 0 Å². The lowest BCUT2D eigenvalue weighted by Crippen LogP contribution is -2.26. The number of thiazole rings is 1. The summed E-state index contributed by atoms with van der Waals surface area (Å²) in [6.07, 6.45) is -0.585. The smallest absolute Gasteiger partial charge is 0.347 e. The highest BCUT2D eigenvalue weighted by atomic mass is 32.1. The van der Waals surface area contributed by atoms with Gasteiger partial charge in [-0.25, -0.2) is 9.78 Å². The molecule has 2 aromatic carbocycles. The molecular weight excluding hydrogens is 448 g/mol. The van der Waals surface area contributed by atoms with Crippen molar-refractivity contribution in [3.8, 4) is 5.75 Å². The zero-order valence-corrected chi connectivity index (χ0v) is 21.4. The fourth-order valence-corrected chi connectivity index (χ4v) is 4.02. The molecule has 3 rings (SSSR count). The zero-order valence-electron chi connectivity index (χ0n) is 20.6. The Kier molecular flexibility index (Phi) is 8.10. The molecule has 0 fully saturated rings. The topological polar surface area (TPSA) is 77.5 Å². The molecule has 3 aromatic rings. The molecule has 7 heteroatoms. The number of aromatic nitrogens is 1. The predicted octanol–water partition coefficient (Wildman–Crippen LogP) is 5.75. The summed E-state index contributed by atoms with van der Waals surface area (Å²) < 4.78 is 11.1. The van der Waals surface area contributed by atoms with Crippen LogP contribution in [0.5, 0.6) is 5.75 Å². The highest BCUT2D eigenvalue weighted by Gasteiger charge is 2.19. The van der Waals surface area contributed by atoms with Crippen LogP contribution in [0.3, 0.4) is 0 Å². The van der Waals surface area contributed by atoms with Crippen LogP contribution in [0.25, 0.3) is 0 Å². The molecular formula is C27H32N2O4S. The van der Waals surface area contributed by atoms with Gasteiger partial charge in [0, 0.05) is 11.1 Å². The Bertz CT molecular complexity index is 1150. The van der Waals surface area contributed by atoms with E-state index in [9.17, 15) is 9.59 Å². The van der Waals surface area contributed by atoms with Crippen LogP contribution in [0.2, 0.25) is 0 Å². The van der Waals surface area contributed by atoms with Gasteiger partial charge in [-0.2, -0.15) is 0 Å². The largest absolute Gasteiger partial charge is 0.479 e. The van der Waals surface area contributed by atoms with E-state index in [1.165, 1.54) is 16.9 Å². The van der Waals surface area contributed by atoms with Crippen molar-refractivity contribution >= 4 is 28.9 Å². The minimum atomic E-state index is -0.748. The third kappa shape index (κ3) is 7.15. The van der Waals surface area contributed by atoms with Gasteiger partial charge in [-0.3, -0.25) is 4.79 Å². The first-order valence-electron chi connectivity index (χ1n) is 11.3. The molecule has 0 saturated heterocycles. The number of amides is 1.